The normalized spacial score (nSPS) is 27.1. The number of carbonyl (C=O) groups is 1. The van der Waals surface area contributed by atoms with E-state index in [0.29, 0.717) is 24.0 Å². The molecule has 0 aliphatic heterocycles. The summed E-state index contributed by atoms with van der Waals surface area (Å²) < 4.78 is 16.9. The minimum Gasteiger partial charge on any atom is -0.384 e. The maximum atomic E-state index is 12.5. The van der Waals surface area contributed by atoms with E-state index < -0.39 is 10.8 Å². The summed E-state index contributed by atoms with van der Waals surface area (Å²) in [6.07, 6.45) is 4.80. The molecule has 1 N–H and O–H groups in total. The number of ether oxygens (including phenoxy) is 1. The molecule has 4 nitrogen and oxygen atoms in total. The van der Waals surface area contributed by atoms with E-state index in [1.54, 1.807) is 7.11 Å². The van der Waals surface area contributed by atoms with Crippen LogP contribution in [0.2, 0.25) is 0 Å². The van der Waals surface area contributed by atoms with Crippen molar-refractivity contribution in [1.29, 1.82) is 0 Å². The molecule has 126 valence electrons. The van der Waals surface area contributed by atoms with Crippen molar-refractivity contribution in [2.75, 3.05) is 24.8 Å². The van der Waals surface area contributed by atoms with Crippen LogP contribution in [-0.4, -0.2) is 29.6 Å². The fourth-order valence-corrected chi connectivity index (χ4v) is 5.02. The number of nitrogens with one attached hydrogen (secondary N) is 1. The molecule has 4 atom stereocenters. The predicted molar refractivity (Wildman–Crippen MR) is 92.6 cm³/mol. The molecule has 0 saturated heterocycles. The second-order valence-electron chi connectivity index (χ2n) is 6.75. The van der Waals surface area contributed by atoms with Gasteiger partial charge in [-0.1, -0.05) is 18.6 Å². The zero-order valence-electron chi connectivity index (χ0n) is 13.6. The van der Waals surface area contributed by atoms with Crippen LogP contribution < -0.4 is 5.32 Å². The molecular formula is C18H25NO3S. The van der Waals surface area contributed by atoms with Crippen LogP contribution in [-0.2, 0) is 26.1 Å². The quantitative estimate of drug-likeness (QED) is 0.833. The van der Waals surface area contributed by atoms with E-state index in [1.807, 2.05) is 24.3 Å². The predicted octanol–water partition coefficient (Wildman–Crippen LogP) is 2.96. The Hall–Kier alpha value is -1.20. The Labute approximate surface area is 140 Å². The molecule has 3 rings (SSSR count). The third kappa shape index (κ3) is 4.21. The van der Waals surface area contributed by atoms with Gasteiger partial charge in [-0.15, -0.1) is 0 Å². The second kappa shape index (κ2) is 7.58. The smallest absolute Gasteiger partial charge is 0.227 e. The molecule has 1 aromatic carbocycles. The molecule has 2 aliphatic rings. The Kier molecular flexibility index (Phi) is 5.49. The molecule has 0 heterocycles. The van der Waals surface area contributed by atoms with E-state index >= 15 is 0 Å². The highest BCUT2D eigenvalue weighted by Crippen LogP contribution is 2.48. The average Bonchev–Trinajstić information content (AvgIpc) is 3.16. The number of amides is 1. The number of anilines is 1. The summed E-state index contributed by atoms with van der Waals surface area (Å²) in [5, 5.41) is 3.06. The number of hydrogen-bond donors (Lipinski definition) is 1. The second-order valence-corrected chi connectivity index (χ2v) is 8.33. The van der Waals surface area contributed by atoms with Gasteiger partial charge in [-0.2, -0.15) is 0 Å². The van der Waals surface area contributed by atoms with Crippen LogP contribution in [0, 0.1) is 17.8 Å². The zero-order valence-corrected chi connectivity index (χ0v) is 14.4. The molecule has 2 bridgehead atoms. The number of hydrogen-bond acceptors (Lipinski definition) is 3. The lowest BCUT2D eigenvalue weighted by Crippen LogP contribution is -2.27. The lowest BCUT2D eigenvalue weighted by atomic mass is 9.88. The lowest BCUT2D eigenvalue weighted by molar-refractivity contribution is -0.121. The first-order chi connectivity index (χ1) is 11.2. The lowest BCUT2D eigenvalue weighted by Gasteiger charge is -2.21. The van der Waals surface area contributed by atoms with Gasteiger partial charge in [0.1, 0.15) is 0 Å². The molecule has 0 spiro atoms. The van der Waals surface area contributed by atoms with Gasteiger partial charge in [0.15, 0.2) is 0 Å². The van der Waals surface area contributed by atoms with Gasteiger partial charge >= 0.3 is 0 Å². The Morgan fingerprint density at radius 1 is 1.35 bits per heavy atom. The van der Waals surface area contributed by atoms with Crippen LogP contribution in [0.4, 0.5) is 5.69 Å². The molecule has 1 amide bonds. The zero-order chi connectivity index (χ0) is 16.2. The van der Waals surface area contributed by atoms with Crippen molar-refractivity contribution in [2.24, 2.45) is 17.8 Å². The van der Waals surface area contributed by atoms with Crippen molar-refractivity contribution in [1.82, 2.24) is 0 Å². The minimum atomic E-state index is -0.933. The van der Waals surface area contributed by atoms with E-state index in [9.17, 15) is 9.00 Å². The van der Waals surface area contributed by atoms with E-state index in [0.717, 1.165) is 23.6 Å². The molecule has 5 heteroatoms. The summed E-state index contributed by atoms with van der Waals surface area (Å²) in [5.74, 6) is 2.75. The van der Waals surface area contributed by atoms with Crippen LogP contribution in [0.25, 0.3) is 0 Å². The highest BCUT2D eigenvalue weighted by Gasteiger charge is 2.42. The van der Waals surface area contributed by atoms with E-state index in [-0.39, 0.29) is 11.8 Å². The molecule has 4 unspecified atom stereocenters. The summed E-state index contributed by atoms with van der Waals surface area (Å²) in [5.41, 5.74) is 1.81. The molecule has 0 aromatic heterocycles. The van der Waals surface area contributed by atoms with Crippen molar-refractivity contribution in [3.63, 3.8) is 0 Å². The molecule has 23 heavy (non-hydrogen) atoms. The van der Waals surface area contributed by atoms with Crippen LogP contribution in [0.1, 0.15) is 31.2 Å². The Bertz CT molecular complexity index is 589. The van der Waals surface area contributed by atoms with Gasteiger partial charge in [-0.3, -0.25) is 9.00 Å². The van der Waals surface area contributed by atoms with Gasteiger partial charge < -0.3 is 10.1 Å². The minimum absolute atomic E-state index is 0.162. The highest BCUT2D eigenvalue weighted by molar-refractivity contribution is 7.84. The standard InChI is InChI=1S/C18H25NO3S/c1-22-7-8-23(21)12-14-3-2-4-16(10-14)19-18(20)17-11-13-5-6-15(17)9-13/h2-4,10,13,15,17H,5-9,11-12H2,1H3,(H,19,20). The average molecular weight is 335 g/mol. The van der Waals surface area contributed by atoms with Gasteiger partial charge in [-0.25, -0.2) is 0 Å². The Morgan fingerprint density at radius 3 is 2.91 bits per heavy atom. The van der Waals surface area contributed by atoms with E-state index in [2.05, 4.69) is 5.32 Å². The van der Waals surface area contributed by atoms with Crippen molar-refractivity contribution >= 4 is 22.4 Å². The Balaban J connectivity index is 1.57. The molecule has 1 aromatic rings. The van der Waals surface area contributed by atoms with Crippen molar-refractivity contribution in [3.05, 3.63) is 29.8 Å². The van der Waals surface area contributed by atoms with Crippen LogP contribution in [0.15, 0.2) is 24.3 Å². The maximum absolute atomic E-state index is 12.5. The van der Waals surface area contributed by atoms with Gasteiger partial charge in [0, 0.05) is 41.0 Å². The molecule has 2 saturated carbocycles. The summed E-state index contributed by atoms with van der Waals surface area (Å²) in [4.78, 5) is 12.5. The first-order valence-electron chi connectivity index (χ1n) is 8.39. The number of rotatable bonds is 7. The summed E-state index contributed by atoms with van der Waals surface area (Å²) in [6.45, 7) is 0.507. The summed E-state index contributed by atoms with van der Waals surface area (Å²) in [7, 11) is 0.681. The van der Waals surface area contributed by atoms with Crippen molar-refractivity contribution < 1.29 is 13.7 Å². The van der Waals surface area contributed by atoms with E-state index in [1.165, 1.54) is 19.3 Å². The fraction of sp³-hybridized carbons (Fsp3) is 0.611. The number of fused-ring (bicyclic) bond motifs is 2. The molecule has 2 fully saturated rings. The summed E-state index contributed by atoms with van der Waals surface area (Å²) >= 11 is 0. The number of benzene rings is 1. The Morgan fingerprint density at radius 2 is 2.22 bits per heavy atom. The van der Waals surface area contributed by atoms with Gasteiger partial charge in [-0.05, 0) is 48.8 Å². The molecule has 2 aliphatic carbocycles. The third-order valence-corrected chi connectivity index (χ3v) is 6.39. The molecule has 0 radical (unpaired) electrons. The monoisotopic (exact) mass is 335 g/mol. The van der Waals surface area contributed by atoms with Gasteiger partial charge in [0.05, 0.1) is 6.61 Å². The molecular weight excluding hydrogens is 310 g/mol. The third-order valence-electron chi connectivity index (χ3n) is 5.11. The first kappa shape index (κ1) is 16.7. The maximum Gasteiger partial charge on any atom is 0.227 e. The van der Waals surface area contributed by atoms with Crippen molar-refractivity contribution in [2.45, 2.75) is 31.4 Å². The first-order valence-corrected chi connectivity index (χ1v) is 9.88. The number of carbonyl (C=O) groups excluding carboxylic acids is 1. The van der Waals surface area contributed by atoms with Gasteiger partial charge in [0.2, 0.25) is 5.91 Å². The SMILES string of the molecule is COCCS(=O)Cc1cccc(NC(=O)C2CC3CCC2C3)c1. The fourth-order valence-electron chi connectivity index (χ4n) is 3.97. The largest absolute Gasteiger partial charge is 0.384 e. The van der Waals surface area contributed by atoms with Gasteiger partial charge in [0.25, 0.3) is 0 Å². The van der Waals surface area contributed by atoms with Crippen LogP contribution in [0.5, 0.6) is 0 Å². The topological polar surface area (TPSA) is 55.4 Å². The highest BCUT2D eigenvalue weighted by atomic mass is 32.2. The van der Waals surface area contributed by atoms with E-state index in [4.69, 9.17) is 4.74 Å². The van der Waals surface area contributed by atoms with Crippen LogP contribution in [0.3, 0.4) is 0 Å². The van der Waals surface area contributed by atoms with Crippen molar-refractivity contribution in [3.8, 4) is 0 Å². The van der Waals surface area contributed by atoms with Crippen LogP contribution >= 0.6 is 0 Å². The number of methoxy groups -OCH3 is 1. The summed E-state index contributed by atoms with van der Waals surface area (Å²) in [6, 6.07) is 7.72.